The fourth-order valence-corrected chi connectivity index (χ4v) is 5.50. The van der Waals surface area contributed by atoms with E-state index in [1.165, 1.54) is 36.1 Å². The monoisotopic (exact) mass is 616 g/mol. The number of carboxylic acids is 1. The Bertz CT molecular complexity index is 1570. The standard InChI is InChI=1S/C30H33ClN2O8S/c1-19(34)32-26-13-12-24(17-25(26)28(36)37)42(39,40)23-10-8-20(9-11-23)14-15-33(29(38)41-30(2,3)4)18-27(35)21-6-5-7-22(31)16-21/h5-13,16-17,27,35H,14-15,18H2,1-4H3,(H,32,34)(H,36,37)/t27-/m1/s1. The van der Waals surface area contributed by atoms with Gasteiger partial charge in [-0.05, 0) is 80.8 Å². The predicted octanol–water partition coefficient (Wildman–Crippen LogP) is 5.34. The van der Waals surface area contributed by atoms with Crippen molar-refractivity contribution in [2.75, 3.05) is 18.4 Å². The summed E-state index contributed by atoms with van der Waals surface area (Å²) in [5.74, 6) is -1.88. The number of carboxylic acid groups (broad SMARTS) is 1. The minimum Gasteiger partial charge on any atom is -0.478 e. The van der Waals surface area contributed by atoms with Crippen molar-refractivity contribution in [3.63, 3.8) is 0 Å². The van der Waals surface area contributed by atoms with Gasteiger partial charge in [0, 0.05) is 18.5 Å². The van der Waals surface area contributed by atoms with Crippen LogP contribution in [0.15, 0.2) is 76.5 Å². The Balaban J connectivity index is 1.79. The van der Waals surface area contributed by atoms with Crippen LogP contribution >= 0.6 is 11.6 Å². The number of hydrogen-bond donors (Lipinski definition) is 3. The third-order valence-electron chi connectivity index (χ3n) is 6.02. The zero-order chi connectivity index (χ0) is 31.2. The first kappa shape index (κ1) is 32.6. The molecule has 2 amide bonds. The van der Waals surface area contributed by atoms with E-state index in [-0.39, 0.29) is 34.1 Å². The third-order valence-corrected chi connectivity index (χ3v) is 8.03. The van der Waals surface area contributed by atoms with Crippen LogP contribution in [0.5, 0.6) is 0 Å². The van der Waals surface area contributed by atoms with Crippen molar-refractivity contribution in [2.45, 2.75) is 55.6 Å². The van der Waals surface area contributed by atoms with Gasteiger partial charge in [0.25, 0.3) is 0 Å². The van der Waals surface area contributed by atoms with E-state index in [4.69, 9.17) is 16.3 Å². The first-order valence-corrected chi connectivity index (χ1v) is 14.8. The molecular formula is C30H33ClN2O8S. The first-order valence-electron chi connectivity index (χ1n) is 13.0. The van der Waals surface area contributed by atoms with Crippen molar-refractivity contribution in [1.29, 1.82) is 0 Å². The van der Waals surface area contributed by atoms with Gasteiger partial charge in [0.2, 0.25) is 15.7 Å². The van der Waals surface area contributed by atoms with Crippen LogP contribution in [0.4, 0.5) is 10.5 Å². The van der Waals surface area contributed by atoms with E-state index >= 15 is 0 Å². The lowest BCUT2D eigenvalue weighted by atomic mass is 10.1. The molecule has 3 aromatic carbocycles. The Morgan fingerprint density at radius 3 is 2.21 bits per heavy atom. The number of hydrogen-bond acceptors (Lipinski definition) is 7. The molecule has 1 atom stereocenters. The molecule has 0 saturated carbocycles. The van der Waals surface area contributed by atoms with Crippen LogP contribution in [-0.4, -0.2) is 60.2 Å². The van der Waals surface area contributed by atoms with Crippen LogP contribution in [0.1, 0.15) is 55.3 Å². The molecule has 0 unspecified atom stereocenters. The minimum atomic E-state index is -4.08. The number of benzene rings is 3. The molecule has 0 heterocycles. The van der Waals surface area contributed by atoms with E-state index in [9.17, 15) is 33.0 Å². The molecule has 0 aliphatic carbocycles. The topological polar surface area (TPSA) is 150 Å². The van der Waals surface area contributed by atoms with Crippen LogP contribution in [0.25, 0.3) is 0 Å². The summed E-state index contributed by atoms with van der Waals surface area (Å²) in [7, 11) is -4.08. The molecule has 10 nitrogen and oxygen atoms in total. The lowest BCUT2D eigenvalue weighted by Gasteiger charge is -2.29. The Labute approximate surface area is 249 Å². The SMILES string of the molecule is CC(=O)Nc1ccc(S(=O)(=O)c2ccc(CCN(C[C@@H](O)c3cccc(Cl)c3)C(=O)OC(C)(C)C)cc2)cc1C(=O)O. The number of aromatic carboxylic acids is 1. The summed E-state index contributed by atoms with van der Waals surface area (Å²) in [6, 6.07) is 16.1. The number of carbonyl (C=O) groups is 3. The molecule has 12 heteroatoms. The maximum Gasteiger partial charge on any atom is 0.410 e. The van der Waals surface area contributed by atoms with Crippen LogP contribution in [0.2, 0.25) is 5.02 Å². The number of aliphatic hydroxyl groups excluding tert-OH is 1. The van der Waals surface area contributed by atoms with Crippen molar-refractivity contribution in [2.24, 2.45) is 0 Å². The second-order valence-corrected chi connectivity index (χ2v) is 13.0. The number of nitrogens with one attached hydrogen (secondary N) is 1. The quantitative estimate of drug-likeness (QED) is 0.276. The van der Waals surface area contributed by atoms with Gasteiger partial charge in [-0.15, -0.1) is 0 Å². The number of aliphatic hydroxyl groups is 1. The van der Waals surface area contributed by atoms with E-state index in [0.29, 0.717) is 22.6 Å². The number of rotatable bonds is 10. The highest BCUT2D eigenvalue weighted by Crippen LogP contribution is 2.27. The lowest BCUT2D eigenvalue weighted by molar-refractivity contribution is -0.114. The van der Waals surface area contributed by atoms with E-state index < -0.39 is 39.5 Å². The number of anilines is 1. The number of sulfone groups is 1. The van der Waals surface area contributed by atoms with Gasteiger partial charge in [-0.3, -0.25) is 4.79 Å². The van der Waals surface area contributed by atoms with E-state index in [0.717, 1.165) is 6.07 Å². The van der Waals surface area contributed by atoms with Gasteiger partial charge < -0.3 is 25.2 Å². The van der Waals surface area contributed by atoms with Crippen molar-refractivity contribution < 1.29 is 37.8 Å². The van der Waals surface area contributed by atoms with Gasteiger partial charge in [-0.1, -0.05) is 35.9 Å². The highest BCUT2D eigenvalue weighted by atomic mass is 35.5. The molecular weight excluding hydrogens is 584 g/mol. The molecule has 0 fully saturated rings. The minimum absolute atomic E-state index is 0.0145. The second kappa shape index (κ2) is 13.4. The van der Waals surface area contributed by atoms with Gasteiger partial charge in [-0.2, -0.15) is 0 Å². The fourth-order valence-electron chi connectivity index (χ4n) is 4.01. The summed E-state index contributed by atoms with van der Waals surface area (Å²) in [6.45, 7) is 6.55. The molecule has 0 radical (unpaired) electrons. The lowest BCUT2D eigenvalue weighted by Crippen LogP contribution is -2.40. The predicted molar refractivity (Wildman–Crippen MR) is 158 cm³/mol. The molecule has 3 N–H and O–H groups in total. The largest absolute Gasteiger partial charge is 0.478 e. The Hall–Kier alpha value is -3.93. The maximum absolute atomic E-state index is 13.2. The zero-order valence-corrected chi connectivity index (χ0v) is 25.2. The molecule has 224 valence electrons. The number of halogens is 1. The summed E-state index contributed by atoms with van der Waals surface area (Å²) >= 11 is 6.05. The molecule has 3 aromatic rings. The highest BCUT2D eigenvalue weighted by molar-refractivity contribution is 7.91. The summed E-state index contributed by atoms with van der Waals surface area (Å²) < 4.78 is 32.0. The molecule has 0 spiro atoms. The zero-order valence-electron chi connectivity index (χ0n) is 23.6. The summed E-state index contributed by atoms with van der Waals surface area (Å²) in [5, 5.41) is 23.1. The molecule has 0 aliphatic heterocycles. The van der Waals surface area contributed by atoms with Crippen molar-refractivity contribution in [3.8, 4) is 0 Å². The van der Waals surface area contributed by atoms with Crippen LogP contribution in [0, 0.1) is 0 Å². The normalized spacial score (nSPS) is 12.3. The molecule has 0 aromatic heterocycles. The number of ether oxygens (including phenoxy) is 1. The van der Waals surface area contributed by atoms with E-state index in [1.807, 2.05) is 0 Å². The van der Waals surface area contributed by atoms with Crippen LogP contribution in [-0.2, 0) is 25.8 Å². The van der Waals surface area contributed by atoms with Crippen LogP contribution < -0.4 is 5.32 Å². The van der Waals surface area contributed by atoms with Gasteiger partial charge in [0.15, 0.2) is 0 Å². The van der Waals surface area contributed by atoms with Crippen molar-refractivity contribution in [1.82, 2.24) is 4.90 Å². The molecule has 3 rings (SSSR count). The van der Waals surface area contributed by atoms with Gasteiger partial charge in [0.05, 0.1) is 33.7 Å². The number of carbonyl (C=O) groups excluding carboxylic acids is 2. The summed E-state index contributed by atoms with van der Waals surface area (Å²) in [4.78, 5) is 37.1. The molecule has 42 heavy (non-hydrogen) atoms. The summed E-state index contributed by atoms with van der Waals surface area (Å²) in [6.07, 6.45) is -1.30. The van der Waals surface area contributed by atoms with Gasteiger partial charge in [0.1, 0.15) is 5.60 Å². The highest BCUT2D eigenvalue weighted by Gasteiger charge is 2.25. The second-order valence-electron chi connectivity index (χ2n) is 10.6. The average Bonchev–Trinajstić information content (AvgIpc) is 2.89. The third kappa shape index (κ3) is 8.78. The summed E-state index contributed by atoms with van der Waals surface area (Å²) in [5.41, 5.74) is 0.130. The molecule has 0 aliphatic rings. The van der Waals surface area contributed by atoms with Gasteiger partial charge >= 0.3 is 12.1 Å². The van der Waals surface area contributed by atoms with E-state index in [2.05, 4.69) is 5.32 Å². The van der Waals surface area contributed by atoms with E-state index in [1.54, 1.807) is 57.2 Å². The Morgan fingerprint density at radius 1 is 1.00 bits per heavy atom. The Morgan fingerprint density at radius 2 is 1.64 bits per heavy atom. The van der Waals surface area contributed by atoms with Crippen molar-refractivity contribution in [3.05, 3.63) is 88.4 Å². The first-order chi connectivity index (χ1) is 19.6. The maximum atomic E-state index is 13.2. The molecule has 0 saturated heterocycles. The number of amides is 2. The van der Waals surface area contributed by atoms with Crippen molar-refractivity contribution >= 4 is 45.1 Å². The Kier molecular flexibility index (Phi) is 10.4. The van der Waals surface area contributed by atoms with Crippen LogP contribution in [0.3, 0.4) is 0 Å². The molecule has 0 bridgehead atoms. The van der Waals surface area contributed by atoms with Gasteiger partial charge in [-0.25, -0.2) is 18.0 Å². The smallest absolute Gasteiger partial charge is 0.410 e. The average molecular weight is 617 g/mol. The fraction of sp³-hybridized carbons (Fsp3) is 0.300. The number of nitrogens with zero attached hydrogens (tertiary/aromatic N) is 1.